The Morgan fingerprint density at radius 2 is 1.94 bits per heavy atom. The molecule has 8 heteroatoms. The predicted molar refractivity (Wildman–Crippen MR) is 128 cm³/mol. The van der Waals surface area contributed by atoms with Crippen LogP contribution in [0.15, 0.2) is 41.7 Å². The van der Waals surface area contributed by atoms with Gasteiger partial charge in [0.05, 0.1) is 5.75 Å². The summed E-state index contributed by atoms with van der Waals surface area (Å²) in [6.07, 6.45) is 2.55. The number of Topliss-reactive ketones (excluding diaryl/α,β-unsaturated/α-hetero) is 1. The molecule has 0 radical (unpaired) electrons. The molecule has 1 aliphatic rings. The lowest BCUT2D eigenvalue weighted by molar-refractivity contribution is 0.102. The van der Waals surface area contributed by atoms with E-state index in [2.05, 4.69) is 27.5 Å². The number of aromatic nitrogens is 3. The van der Waals surface area contributed by atoms with Crippen LogP contribution in [0.4, 0.5) is 0 Å². The van der Waals surface area contributed by atoms with Gasteiger partial charge in [0, 0.05) is 39.0 Å². The minimum absolute atomic E-state index is 0.0876. The van der Waals surface area contributed by atoms with Crippen LogP contribution in [-0.4, -0.2) is 39.3 Å². The number of thiophene rings is 1. The highest BCUT2D eigenvalue weighted by Crippen LogP contribution is 2.34. The summed E-state index contributed by atoms with van der Waals surface area (Å²) in [4.78, 5) is 24.2. The Bertz CT molecular complexity index is 1330. The van der Waals surface area contributed by atoms with Crippen LogP contribution >= 0.6 is 23.1 Å². The van der Waals surface area contributed by atoms with Gasteiger partial charge in [-0.15, -0.1) is 11.3 Å². The Morgan fingerprint density at radius 3 is 2.75 bits per heavy atom. The first-order valence-corrected chi connectivity index (χ1v) is 12.3. The molecule has 6 nitrogen and oxygen atoms in total. The Morgan fingerprint density at radius 1 is 1.12 bits per heavy atom. The van der Waals surface area contributed by atoms with Gasteiger partial charge in [-0.25, -0.2) is 9.97 Å². The Kier molecular flexibility index (Phi) is 5.65. The highest BCUT2D eigenvalue weighted by molar-refractivity contribution is 8.00. The summed E-state index contributed by atoms with van der Waals surface area (Å²) in [5.41, 5.74) is 3.61. The Labute approximate surface area is 194 Å². The van der Waals surface area contributed by atoms with Gasteiger partial charge in [-0.3, -0.25) is 4.79 Å². The topological polar surface area (TPSA) is 66.2 Å². The maximum absolute atomic E-state index is 13.1. The molecule has 0 unspecified atom stereocenters. The molecule has 0 spiro atoms. The van der Waals surface area contributed by atoms with E-state index in [-0.39, 0.29) is 5.78 Å². The normalized spacial score (nSPS) is 13.0. The van der Waals surface area contributed by atoms with E-state index < -0.39 is 0 Å². The molecular formula is C24H23N3O3S2. The largest absolute Gasteiger partial charge is 0.486 e. The second-order valence-corrected chi connectivity index (χ2v) is 9.70. The molecular weight excluding hydrogens is 442 g/mol. The van der Waals surface area contributed by atoms with Crippen molar-refractivity contribution in [3.05, 3.63) is 58.5 Å². The SMILES string of the molecule is CCc1cc2c(SCC(=O)c3cc(C)n(-c4ccc5c(c4)OCCO5)c3C)ncnc2s1. The van der Waals surface area contributed by atoms with Gasteiger partial charge in [-0.05, 0) is 44.5 Å². The molecule has 4 heterocycles. The van der Waals surface area contributed by atoms with E-state index in [9.17, 15) is 4.79 Å². The summed E-state index contributed by atoms with van der Waals surface area (Å²) in [6.45, 7) is 7.23. The quantitative estimate of drug-likeness (QED) is 0.216. The highest BCUT2D eigenvalue weighted by atomic mass is 32.2. The number of rotatable bonds is 6. The van der Waals surface area contributed by atoms with Crippen molar-refractivity contribution < 1.29 is 14.3 Å². The molecule has 0 N–H and O–H groups in total. The van der Waals surface area contributed by atoms with Gasteiger partial charge in [0.15, 0.2) is 17.3 Å². The van der Waals surface area contributed by atoms with Gasteiger partial charge in [-0.2, -0.15) is 0 Å². The third-order valence-electron chi connectivity index (χ3n) is 5.55. The van der Waals surface area contributed by atoms with E-state index in [4.69, 9.17) is 9.47 Å². The summed E-state index contributed by atoms with van der Waals surface area (Å²) in [7, 11) is 0. The van der Waals surface area contributed by atoms with E-state index in [1.54, 1.807) is 17.7 Å². The smallest absolute Gasteiger partial charge is 0.174 e. The monoisotopic (exact) mass is 465 g/mol. The maximum atomic E-state index is 13.1. The van der Waals surface area contributed by atoms with Crippen LogP contribution in [0, 0.1) is 13.8 Å². The van der Waals surface area contributed by atoms with Crippen LogP contribution in [0.2, 0.25) is 0 Å². The first kappa shape index (κ1) is 21.0. The van der Waals surface area contributed by atoms with Gasteiger partial charge in [0.25, 0.3) is 0 Å². The average Bonchev–Trinajstić information content (AvgIpc) is 3.37. The molecule has 0 fully saturated rings. The highest BCUT2D eigenvalue weighted by Gasteiger charge is 2.20. The van der Waals surface area contributed by atoms with Gasteiger partial charge >= 0.3 is 0 Å². The van der Waals surface area contributed by atoms with Crippen molar-refractivity contribution in [1.29, 1.82) is 0 Å². The van der Waals surface area contributed by atoms with E-state index in [1.165, 1.54) is 16.6 Å². The molecule has 0 amide bonds. The summed E-state index contributed by atoms with van der Waals surface area (Å²) < 4.78 is 13.5. The fourth-order valence-electron chi connectivity index (χ4n) is 4.00. The Balaban J connectivity index is 1.39. The molecule has 4 aromatic rings. The predicted octanol–water partition coefficient (Wildman–Crippen LogP) is 5.41. The van der Waals surface area contributed by atoms with Crippen molar-refractivity contribution in [2.24, 2.45) is 0 Å². The zero-order valence-corrected chi connectivity index (χ0v) is 19.8. The van der Waals surface area contributed by atoms with Crippen LogP contribution in [-0.2, 0) is 6.42 Å². The number of fused-ring (bicyclic) bond motifs is 2. The lowest BCUT2D eigenvalue weighted by Gasteiger charge is -2.20. The van der Waals surface area contributed by atoms with E-state index >= 15 is 0 Å². The number of aryl methyl sites for hydroxylation is 2. The van der Waals surface area contributed by atoms with E-state index in [0.29, 0.717) is 19.0 Å². The summed E-state index contributed by atoms with van der Waals surface area (Å²) in [5, 5.41) is 1.90. The second-order valence-electron chi connectivity index (χ2n) is 7.62. The molecule has 5 rings (SSSR count). The van der Waals surface area contributed by atoms with E-state index in [0.717, 1.165) is 55.8 Å². The molecule has 0 bridgehead atoms. The minimum atomic E-state index is 0.0876. The van der Waals surface area contributed by atoms with Crippen molar-refractivity contribution in [2.45, 2.75) is 32.2 Å². The lowest BCUT2D eigenvalue weighted by Crippen LogP contribution is -2.15. The molecule has 0 aliphatic carbocycles. The van der Waals surface area contributed by atoms with Crippen LogP contribution in [0.1, 0.15) is 33.5 Å². The van der Waals surface area contributed by atoms with Crippen molar-refractivity contribution in [2.75, 3.05) is 19.0 Å². The van der Waals surface area contributed by atoms with Gasteiger partial charge < -0.3 is 14.0 Å². The fourth-order valence-corrected chi connectivity index (χ4v) is 5.85. The first-order chi connectivity index (χ1) is 15.5. The number of nitrogens with zero attached hydrogens (tertiary/aromatic N) is 3. The number of ether oxygens (including phenoxy) is 2. The third-order valence-corrected chi connectivity index (χ3v) is 7.74. The summed E-state index contributed by atoms with van der Waals surface area (Å²) >= 11 is 3.16. The molecule has 1 aromatic carbocycles. The lowest BCUT2D eigenvalue weighted by atomic mass is 10.2. The van der Waals surface area contributed by atoms with Crippen molar-refractivity contribution in [3.8, 4) is 17.2 Å². The zero-order chi connectivity index (χ0) is 22.2. The van der Waals surface area contributed by atoms with Crippen molar-refractivity contribution >= 4 is 39.1 Å². The maximum Gasteiger partial charge on any atom is 0.174 e. The van der Waals surface area contributed by atoms with Gasteiger partial charge in [0.1, 0.15) is 29.4 Å². The van der Waals surface area contributed by atoms with Crippen molar-refractivity contribution in [1.82, 2.24) is 14.5 Å². The van der Waals surface area contributed by atoms with Crippen molar-refractivity contribution in [3.63, 3.8) is 0 Å². The number of ketones is 1. The van der Waals surface area contributed by atoms with E-state index in [1.807, 2.05) is 38.1 Å². The molecule has 0 saturated heterocycles. The molecule has 32 heavy (non-hydrogen) atoms. The number of carbonyl (C=O) groups is 1. The molecule has 3 aromatic heterocycles. The molecule has 0 saturated carbocycles. The summed E-state index contributed by atoms with van der Waals surface area (Å²) in [6, 6.07) is 9.99. The Hall–Kier alpha value is -2.84. The number of hydrogen-bond donors (Lipinski definition) is 0. The minimum Gasteiger partial charge on any atom is -0.486 e. The van der Waals surface area contributed by atoms with Crippen LogP contribution < -0.4 is 9.47 Å². The second kappa shape index (κ2) is 8.60. The van der Waals surface area contributed by atoms with Crippen LogP contribution in [0.25, 0.3) is 15.9 Å². The number of carbonyl (C=O) groups excluding carboxylic acids is 1. The van der Waals surface area contributed by atoms with Crippen LogP contribution in [0.3, 0.4) is 0 Å². The first-order valence-electron chi connectivity index (χ1n) is 10.5. The van der Waals surface area contributed by atoms with Gasteiger partial charge in [0.2, 0.25) is 0 Å². The molecule has 1 aliphatic heterocycles. The van der Waals surface area contributed by atoms with Gasteiger partial charge in [-0.1, -0.05) is 18.7 Å². The fraction of sp³-hybridized carbons (Fsp3) is 0.292. The summed E-state index contributed by atoms with van der Waals surface area (Å²) in [5.74, 6) is 1.91. The average molecular weight is 466 g/mol. The van der Waals surface area contributed by atoms with Crippen LogP contribution in [0.5, 0.6) is 11.5 Å². The molecule has 164 valence electrons. The number of thioether (sulfide) groups is 1. The third kappa shape index (κ3) is 3.78. The number of benzene rings is 1. The standard InChI is InChI=1S/C24H23N3O3S2/c1-4-17-11-19-23(25-13-26-24(19)32-17)31-12-20(28)18-9-14(2)27(15(18)3)16-5-6-21-22(10-16)30-8-7-29-21/h5-6,9-11,13H,4,7-8,12H2,1-3H3. The molecule has 0 atom stereocenters. The zero-order valence-electron chi connectivity index (χ0n) is 18.2. The number of hydrogen-bond acceptors (Lipinski definition) is 7.